The average Bonchev–Trinajstić information content (AvgIpc) is 2.95. The van der Waals surface area contributed by atoms with E-state index in [9.17, 15) is 4.79 Å². The van der Waals surface area contributed by atoms with Crippen molar-refractivity contribution in [3.05, 3.63) is 28.2 Å². The number of nitrogens with zero attached hydrogens (tertiary/aromatic N) is 4. The second-order valence-corrected chi connectivity index (χ2v) is 6.30. The van der Waals surface area contributed by atoms with E-state index in [1.54, 1.807) is 16.0 Å². The summed E-state index contributed by atoms with van der Waals surface area (Å²) in [6.45, 7) is 6.73. The van der Waals surface area contributed by atoms with Crippen LogP contribution in [-0.2, 0) is 23.3 Å². The highest BCUT2D eigenvalue weighted by Gasteiger charge is 2.22. The lowest BCUT2D eigenvalue weighted by molar-refractivity contribution is -0.122. The highest BCUT2D eigenvalue weighted by atomic mass is 32.1. The number of carbonyl (C=O) groups excluding carboxylic acids is 1. The van der Waals surface area contributed by atoms with Crippen LogP contribution in [0.25, 0.3) is 0 Å². The molecule has 0 bridgehead atoms. The van der Waals surface area contributed by atoms with Crippen molar-refractivity contribution >= 4 is 17.2 Å². The van der Waals surface area contributed by atoms with Gasteiger partial charge in [-0.3, -0.25) is 4.79 Å². The zero-order valence-corrected chi connectivity index (χ0v) is 12.1. The summed E-state index contributed by atoms with van der Waals surface area (Å²) < 4.78 is 1.55. The van der Waals surface area contributed by atoms with Crippen molar-refractivity contribution in [2.75, 3.05) is 0 Å². The normalized spacial score (nSPS) is 11.5. The molecule has 102 valence electrons. The molecule has 2 heterocycles. The van der Waals surface area contributed by atoms with E-state index >= 15 is 0 Å². The Labute approximate surface area is 115 Å². The van der Waals surface area contributed by atoms with Gasteiger partial charge in [0, 0.05) is 10.3 Å². The average molecular weight is 279 g/mol. The van der Waals surface area contributed by atoms with Crippen molar-refractivity contribution in [1.82, 2.24) is 25.5 Å². The van der Waals surface area contributed by atoms with E-state index in [0.717, 1.165) is 4.88 Å². The predicted octanol–water partition coefficient (Wildman–Crippen LogP) is 1.35. The monoisotopic (exact) mass is 279 g/mol. The van der Waals surface area contributed by atoms with Crippen molar-refractivity contribution in [2.24, 2.45) is 0 Å². The summed E-state index contributed by atoms with van der Waals surface area (Å²) in [6.07, 6.45) is 0. The predicted molar refractivity (Wildman–Crippen MR) is 72.7 cm³/mol. The largest absolute Gasteiger partial charge is 0.350 e. The van der Waals surface area contributed by atoms with Gasteiger partial charge in [-0.1, -0.05) is 26.8 Å². The Balaban J connectivity index is 1.94. The van der Waals surface area contributed by atoms with Crippen LogP contribution >= 0.6 is 11.3 Å². The SMILES string of the molecule is CC(C)(C)c1nnnn1CC(=O)NCc1cccs1. The number of hydrogen-bond acceptors (Lipinski definition) is 5. The van der Waals surface area contributed by atoms with Gasteiger partial charge in [-0.2, -0.15) is 0 Å². The van der Waals surface area contributed by atoms with E-state index in [-0.39, 0.29) is 17.9 Å². The van der Waals surface area contributed by atoms with Gasteiger partial charge in [-0.05, 0) is 21.9 Å². The van der Waals surface area contributed by atoms with Crippen LogP contribution < -0.4 is 5.32 Å². The van der Waals surface area contributed by atoms with Crippen molar-refractivity contribution in [3.63, 3.8) is 0 Å². The summed E-state index contributed by atoms with van der Waals surface area (Å²) in [5.41, 5.74) is -0.183. The van der Waals surface area contributed by atoms with Crippen LogP contribution in [0.15, 0.2) is 17.5 Å². The van der Waals surface area contributed by atoms with Crippen LogP contribution in [0.1, 0.15) is 31.5 Å². The van der Waals surface area contributed by atoms with Crippen LogP contribution in [-0.4, -0.2) is 26.1 Å². The summed E-state index contributed by atoms with van der Waals surface area (Å²) in [4.78, 5) is 13.0. The minimum absolute atomic E-state index is 0.0915. The summed E-state index contributed by atoms with van der Waals surface area (Å²) in [5, 5.41) is 16.3. The van der Waals surface area contributed by atoms with Gasteiger partial charge in [0.2, 0.25) is 5.91 Å². The quantitative estimate of drug-likeness (QED) is 0.917. The highest BCUT2D eigenvalue weighted by Crippen LogP contribution is 2.18. The van der Waals surface area contributed by atoms with Crippen molar-refractivity contribution in [3.8, 4) is 0 Å². The number of thiophene rings is 1. The smallest absolute Gasteiger partial charge is 0.242 e. The van der Waals surface area contributed by atoms with Gasteiger partial charge < -0.3 is 5.32 Å². The van der Waals surface area contributed by atoms with E-state index in [1.165, 1.54) is 0 Å². The number of carbonyl (C=O) groups is 1. The fourth-order valence-corrected chi connectivity index (χ4v) is 2.28. The molecule has 19 heavy (non-hydrogen) atoms. The number of aromatic nitrogens is 4. The molecule has 0 fully saturated rings. The maximum absolute atomic E-state index is 11.9. The van der Waals surface area contributed by atoms with Crippen LogP contribution in [0.4, 0.5) is 0 Å². The van der Waals surface area contributed by atoms with E-state index in [4.69, 9.17) is 0 Å². The van der Waals surface area contributed by atoms with E-state index in [2.05, 4.69) is 20.8 Å². The molecule has 0 saturated carbocycles. The molecule has 0 spiro atoms. The number of tetrazole rings is 1. The molecule has 0 radical (unpaired) electrons. The van der Waals surface area contributed by atoms with E-state index in [0.29, 0.717) is 12.4 Å². The first-order chi connectivity index (χ1) is 8.97. The Bertz CT molecular complexity index is 541. The first-order valence-electron chi connectivity index (χ1n) is 6.02. The lowest BCUT2D eigenvalue weighted by Gasteiger charge is -2.16. The second kappa shape index (κ2) is 5.48. The zero-order valence-electron chi connectivity index (χ0n) is 11.3. The van der Waals surface area contributed by atoms with Gasteiger partial charge in [0.15, 0.2) is 5.82 Å². The van der Waals surface area contributed by atoms with E-state index < -0.39 is 0 Å². The number of amides is 1. The highest BCUT2D eigenvalue weighted by molar-refractivity contribution is 7.09. The molecular formula is C12H17N5OS. The fourth-order valence-electron chi connectivity index (χ4n) is 1.64. The third kappa shape index (κ3) is 3.60. The topological polar surface area (TPSA) is 72.7 Å². The van der Waals surface area contributed by atoms with Crippen LogP contribution in [0, 0.1) is 0 Å². The van der Waals surface area contributed by atoms with Gasteiger partial charge in [-0.15, -0.1) is 16.4 Å². The Morgan fingerprint density at radius 3 is 2.89 bits per heavy atom. The fraction of sp³-hybridized carbons (Fsp3) is 0.500. The molecule has 1 amide bonds. The van der Waals surface area contributed by atoms with Crippen molar-refractivity contribution in [2.45, 2.75) is 39.3 Å². The van der Waals surface area contributed by atoms with Crippen LogP contribution in [0.2, 0.25) is 0 Å². The Morgan fingerprint density at radius 1 is 1.47 bits per heavy atom. The lowest BCUT2D eigenvalue weighted by Crippen LogP contribution is -2.30. The zero-order chi connectivity index (χ0) is 13.9. The molecule has 0 unspecified atom stereocenters. The molecule has 2 rings (SSSR count). The first-order valence-corrected chi connectivity index (χ1v) is 6.90. The van der Waals surface area contributed by atoms with Crippen molar-refractivity contribution < 1.29 is 4.79 Å². The molecule has 0 aliphatic rings. The molecule has 7 heteroatoms. The first kappa shape index (κ1) is 13.7. The van der Waals surface area contributed by atoms with E-state index in [1.807, 2.05) is 38.3 Å². The summed E-state index contributed by atoms with van der Waals surface area (Å²) in [7, 11) is 0. The maximum atomic E-state index is 11.9. The third-order valence-corrected chi connectivity index (χ3v) is 3.41. The van der Waals surface area contributed by atoms with Crippen LogP contribution in [0.5, 0.6) is 0 Å². The summed E-state index contributed by atoms with van der Waals surface area (Å²) in [6, 6.07) is 3.95. The molecule has 0 aliphatic heterocycles. The number of hydrogen-bond donors (Lipinski definition) is 1. The molecule has 2 aromatic heterocycles. The second-order valence-electron chi connectivity index (χ2n) is 5.27. The molecule has 1 N–H and O–H groups in total. The van der Waals surface area contributed by atoms with Gasteiger partial charge in [0.25, 0.3) is 0 Å². The number of nitrogens with one attached hydrogen (secondary N) is 1. The maximum Gasteiger partial charge on any atom is 0.242 e. The van der Waals surface area contributed by atoms with Crippen molar-refractivity contribution in [1.29, 1.82) is 0 Å². The number of rotatable bonds is 4. The lowest BCUT2D eigenvalue weighted by atomic mass is 9.96. The van der Waals surface area contributed by atoms with Gasteiger partial charge in [0.1, 0.15) is 6.54 Å². The summed E-state index contributed by atoms with van der Waals surface area (Å²) >= 11 is 1.62. The minimum atomic E-state index is -0.183. The third-order valence-electron chi connectivity index (χ3n) is 2.54. The summed E-state index contributed by atoms with van der Waals surface area (Å²) in [5.74, 6) is 0.616. The molecular weight excluding hydrogens is 262 g/mol. The van der Waals surface area contributed by atoms with Gasteiger partial charge in [0.05, 0.1) is 6.54 Å². The minimum Gasteiger partial charge on any atom is -0.350 e. The molecule has 0 aromatic carbocycles. The molecule has 0 atom stereocenters. The Morgan fingerprint density at radius 2 is 2.26 bits per heavy atom. The molecule has 2 aromatic rings. The standard InChI is InChI=1S/C12H17N5OS/c1-12(2,3)11-14-15-16-17(11)8-10(18)13-7-9-5-4-6-19-9/h4-6H,7-8H2,1-3H3,(H,13,18). The van der Waals surface area contributed by atoms with Gasteiger partial charge in [-0.25, -0.2) is 4.68 Å². The molecule has 6 nitrogen and oxygen atoms in total. The molecule has 0 aliphatic carbocycles. The molecule has 0 saturated heterocycles. The van der Waals surface area contributed by atoms with Gasteiger partial charge >= 0.3 is 0 Å². The van der Waals surface area contributed by atoms with Crippen LogP contribution in [0.3, 0.4) is 0 Å². The Kier molecular flexibility index (Phi) is 3.94. The Hall–Kier alpha value is -1.76.